The molecule has 3 nitrogen and oxygen atoms in total. The van der Waals surface area contributed by atoms with Crippen molar-refractivity contribution in [3.05, 3.63) is 42.2 Å². The Kier molecular flexibility index (Phi) is 3.59. The van der Waals surface area contributed by atoms with E-state index in [0.717, 1.165) is 6.54 Å². The number of nitrogens with zero attached hydrogens (tertiary/aromatic N) is 2. The van der Waals surface area contributed by atoms with E-state index in [1.807, 2.05) is 17.9 Å². The van der Waals surface area contributed by atoms with E-state index in [1.165, 1.54) is 16.7 Å². The Hall–Kier alpha value is -1.61. The highest BCUT2D eigenvalue weighted by Gasteiger charge is 2.04. The third-order valence-electron chi connectivity index (χ3n) is 3.13. The Morgan fingerprint density at radius 3 is 2.47 bits per heavy atom. The summed E-state index contributed by atoms with van der Waals surface area (Å²) in [5.74, 6) is 0. The lowest BCUT2D eigenvalue weighted by atomic mass is 10.0. The summed E-state index contributed by atoms with van der Waals surface area (Å²) >= 11 is 0. The molecule has 0 aliphatic carbocycles. The van der Waals surface area contributed by atoms with Crippen LogP contribution in [0.4, 0.5) is 0 Å². The predicted molar refractivity (Wildman–Crippen MR) is 70.8 cm³/mol. The molecule has 90 valence electrons. The molecule has 3 heteroatoms. The first-order valence-electron chi connectivity index (χ1n) is 6.04. The largest absolute Gasteiger partial charge is 0.313 e. The van der Waals surface area contributed by atoms with Gasteiger partial charge >= 0.3 is 0 Å². The molecule has 17 heavy (non-hydrogen) atoms. The number of aryl methyl sites for hydroxylation is 1. The molecule has 2 aromatic rings. The van der Waals surface area contributed by atoms with Crippen molar-refractivity contribution in [3.8, 4) is 11.1 Å². The Morgan fingerprint density at radius 2 is 1.94 bits per heavy atom. The van der Waals surface area contributed by atoms with Crippen molar-refractivity contribution in [2.24, 2.45) is 0 Å². The van der Waals surface area contributed by atoms with Crippen LogP contribution in [0, 0.1) is 0 Å². The predicted octanol–water partition coefficient (Wildman–Crippen LogP) is 2.85. The van der Waals surface area contributed by atoms with Gasteiger partial charge in [-0.15, -0.1) is 0 Å². The fraction of sp³-hybridized carbons (Fsp3) is 0.357. The number of rotatable bonds is 4. The van der Waals surface area contributed by atoms with E-state index in [9.17, 15) is 0 Å². The van der Waals surface area contributed by atoms with Crippen molar-refractivity contribution >= 4 is 0 Å². The van der Waals surface area contributed by atoms with Crippen molar-refractivity contribution in [1.82, 2.24) is 15.1 Å². The molecular weight excluding hydrogens is 210 g/mol. The smallest absolute Gasteiger partial charge is 0.0568 e. The highest BCUT2D eigenvalue weighted by Crippen LogP contribution is 2.21. The number of benzene rings is 1. The first-order chi connectivity index (χ1) is 8.24. The van der Waals surface area contributed by atoms with Crippen molar-refractivity contribution in [1.29, 1.82) is 0 Å². The Labute approximate surface area is 102 Å². The van der Waals surface area contributed by atoms with E-state index >= 15 is 0 Å². The highest BCUT2D eigenvalue weighted by atomic mass is 15.3. The summed E-state index contributed by atoms with van der Waals surface area (Å²) in [6, 6.07) is 9.03. The van der Waals surface area contributed by atoms with Crippen LogP contribution in [-0.2, 0) is 6.54 Å². The highest BCUT2D eigenvalue weighted by molar-refractivity contribution is 5.62. The zero-order chi connectivity index (χ0) is 12.3. The average Bonchev–Trinajstić information content (AvgIpc) is 2.87. The lowest BCUT2D eigenvalue weighted by Crippen LogP contribution is -2.11. The van der Waals surface area contributed by atoms with Gasteiger partial charge in [-0.05, 0) is 32.0 Å². The van der Waals surface area contributed by atoms with Crippen LogP contribution in [0.15, 0.2) is 36.7 Å². The summed E-state index contributed by atoms with van der Waals surface area (Å²) in [7, 11) is 1.98. The van der Waals surface area contributed by atoms with Gasteiger partial charge in [0, 0.05) is 24.3 Å². The topological polar surface area (TPSA) is 29.9 Å². The molecule has 0 saturated carbocycles. The minimum absolute atomic E-state index is 0.391. The van der Waals surface area contributed by atoms with E-state index in [-0.39, 0.29) is 0 Å². The van der Waals surface area contributed by atoms with Crippen LogP contribution in [0.3, 0.4) is 0 Å². The fourth-order valence-electron chi connectivity index (χ4n) is 1.82. The molecule has 2 rings (SSSR count). The number of hydrogen-bond acceptors (Lipinski definition) is 2. The molecule has 0 bridgehead atoms. The van der Waals surface area contributed by atoms with Gasteiger partial charge in [-0.1, -0.05) is 24.3 Å². The minimum Gasteiger partial charge on any atom is -0.313 e. The SMILES string of the molecule is CCn1cc(-c2ccc(C(C)NC)cc2)cn1. The summed E-state index contributed by atoms with van der Waals surface area (Å²) in [5, 5.41) is 7.53. The first kappa shape index (κ1) is 11.9. The summed E-state index contributed by atoms with van der Waals surface area (Å²) in [6.45, 7) is 5.16. The maximum Gasteiger partial charge on any atom is 0.0568 e. The summed E-state index contributed by atoms with van der Waals surface area (Å²) in [5.41, 5.74) is 3.70. The molecule has 0 fully saturated rings. The van der Waals surface area contributed by atoms with Gasteiger partial charge in [-0.2, -0.15) is 5.10 Å². The fourth-order valence-corrected chi connectivity index (χ4v) is 1.82. The van der Waals surface area contributed by atoms with Crippen LogP contribution in [0.1, 0.15) is 25.5 Å². The summed E-state index contributed by atoms with van der Waals surface area (Å²) in [4.78, 5) is 0. The normalized spacial score (nSPS) is 12.6. The molecule has 1 heterocycles. The van der Waals surface area contributed by atoms with Crippen molar-refractivity contribution in [2.45, 2.75) is 26.4 Å². The number of nitrogens with one attached hydrogen (secondary N) is 1. The third kappa shape index (κ3) is 2.56. The van der Waals surface area contributed by atoms with Gasteiger partial charge in [0.05, 0.1) is 6.20 Å². The van der Waals surface area contributed by atoms with E-state index in [2.05, 4.69) is 54.7 Å². The van der Waals surface area contributed by atoms with E-state index in [0.29, 0.717) is 6.04 Å². The van der Waals surface area contributed by atoms with Crippen LogP contribution in [0.25, 0.3) is 11.1 Å². The van der Waals surface area contributed by atoms with Crippen LogP contribution in [0.5, 0.6) is 0 Å². The Morgan fingerprint density at radius 1 is 1.24 bits per heavy atom. The quantitative estimate of drug-likeness (QED) is 0.873. The van der Waals surface area contributed by atoms with Gasteiger partial charge in [0.15, 0.2) is 0 Å². The van der Waals surface area contributed by atoms with Crippen LogP contribution in [-0.4, -0.2) is 16.8 Å². The monoisotopic (exact) mass is 229 g/mol. The van der Waals surface area contributed by atoms with Gasteiger partial charge in [-0.25, -0.2) is 0 Å². The molecule has 1 unspecified atom stereocenters. The zero-order valence-electron chi connectivity index (χ0n) is 10.6. The average molecular weight is 229 g/mol. The van der Waals surface area contributed by atoms with Gasteiger partial charge in [-0.3, -0.25) is 4.68 Å². The van der Waals surface area contributed by atoms with E-state index < -0.39 is 0 Å². The first-order valence-corrected chi connectivity index (χ1v) is 6.04. The number of hydrogen-bond donors (Lipinski definition) is 1. The van der Waals surface area contributed by atoms with Gasteiger partial charge < -0.3 is 5.32 Å². The molecule has 0 aliphatic heterocycles. The summed E-state index contributed by atoms with van der Waals surface area (Å²) in [6.07, 6.45) is 4.00. The maximum atomic E-state index is 4.29. The van der Waals surface area contributed by atoms with Gasteiger partial charge in [0.25, 0.3) is 0 Å². The standard InChI is InChI=1S/C14H19N3/c1-4-17-10-14(9-16-17)13-7-5-12(6-8-13)11(2)15-3/h5-11,15H,4H2,1-3H3. The van der Waals surface area contributed by atoms with Crippen molar-refractivity contribution in [2.75, 3.05) is 7.05 Å². The lowest BCUT2D eigenvalue weighted by Gasteiger charge is -2.10. The molecule has 0 radical (unpaired) electrons. The Bertz CT molecular complexity index is 470. The maximum absolute atomic E-state index is 4.29. The van der Waals surface area contributed by atoms with Crippen LogP contribution in [0.2, 0.25) is 0 Å². The lowest BCUT2D eigenvalue weighted by molar-refractivity contribution is 0.652. The minimum atomic E-state index is 0.391. The molecule has 0 saturated heterocycles. The van der Waals surface area contributed by atoms with Crippen molar-refractivity contribution in [3.63, 3.8) is 0 Å². The second-order valence-electron chi connectivity index (χ2n) is 4.22. The molecule has 0 amide bonds. The molecule has 1 aromatic carbocycles. The third-order valence-corrected chi connectivity index (χ3v) is 3.13. The Balaban J connectivity index is 2.22. The van der Waals surface area contributed by atoms with Crippen LogP contribution >= 0.6 is 0 Å². The number of aromatic nitrogens is 2. The molecule has 0 aliphatic rings. The van der Waals surface area contributed by atoms with Gasteiger partial charge in [0.2, 0.25) is 0 Å². The molecular formula is C14H19N3. The van der Waals surface area contributed by atoms with Crippen LogP contribution < -0.4 is 5.32 Å². The van der Waals surface area contributed by atoms with E-state index in [4.69, 9.17) is 0 Å². The van der Waals surface area contributed by atoms with Crippen molar-refractivity contribution < 1.29 is 0 Å². The molecule has 0 spiro atoms. The van der Waals surface area contributed by atoms with Gasteiger partial charge in [0.1, 0.15) is 0 Å². The molecule has 1 atom stereocenters. The second-order valence-corrected chi connectivity index (χ2v) is 4.22. The molecule has 1 aromatic heterocycles. The second kappa shape index (κ2) is 5.15. The summed E-state index contributed by atoms with van der Waals surface area (Å²) < 4.78 is 1.94. The van der Waals surface area contributed by atoms with E-state index in [1.54, 1.807) is 0 Å². The zero-order valence-corrected chi connectivity index (χ0v) is 10.6. The molecule has 1 N–H and O–H groups in total.